The Kier molecular flexibility index (Phi) is 2.39. The molecule has 0 bridgehead atoms. The minimum Gasteiger partial charge on any atom is -0.399 e. The zero-order valence-electron chi connectivity index (χ0n) is 9.16. The Morgan fingerprint density at radius 1 is 1.47 bits per heavy atom. The van der Waals surface area contributed by atoms with Crippen LogP contribution in [0.2, 0.25) is 0 Å². The van der Waals surface area contributed by atoms with E-state index in [-0.39, 0.29) is 11.8 Å². The van der Waals surface area contributed by atoms with Crippen LogP contribution in [0.5, 0.6) is 0 Å². The Hall–Kier alpha value is -1.51. The van der Waals surface area contributed by atoms with E-state index in [0.29, 0.717) is 0 Å². The summed E-state index contributed by atoms with van der Waals surface area (Å²) in [6.45, 7) is 4.64. The van der Waals surface area contributed by atoms with Gasteiger partial charge < -0.3 is 10.6 Å². The van der Waals surface area contributed by atoms with Crippen LogP contribution >= 0.6 is 0 Å². The lowest BCUT2D eigenvalue weighted by molar-refractivity contribution is -0.121. The summed E-state index contributed by atoms with van der Waals surface area (Å²) in [4.78, 5) is 13.7. The zero-order chi connectivity index (χ0) is 11.0. The van der Waals surface area contributed by atoms with E-state index in [1.165, 1.54) is 5.56 Å². The summed E-state index contributed by atoms with van der Waals surface area (Å²) in [6, 6.07) is 5.76. The van der Waals surface area contributed by atoms with Crippen molar-refractivity contribution in [1.82, 2.24) is 0 Å². The molecule has 0 atom stereocenters. The highest BCUT2D eigenvalue weighted by Gasteiger charge is 2.25. The van der Waals surface area contributed by atoms with Gasteiger partial charge in [-0.05, 0) is 30.2 Å². The Morgan fingerprint density at radius 3 is 2.87 bits per heavy atom. The van der Waals surface area contributed by atoms with Crippen LogP contribution in [0, 0.1) is 5.92 Å². The first kappa shape index (κ1) is 10.0. The third kappa shape index (κ3) is 1.69. The van der Waals surface area contributed by atoms with Crippen LogP contribution in [0.3, 0.4) is 0 Å². The molecule has 15 heavy (non-hydrogen) atoms. The quantitative estimate of drug-likeness (QED) is 0.709. The number of amides is 1. The average molecular weight is 204 g/mol. The maximum absolute atomic E-state index is 11.9. The molecule has 0 fully saturated rings. The van der Waals surface area contributed by atoms with E-state index in [2.05, 4.69) is 0 Å². The highest BCUT2D eigenvalue weighted by atomic mass is 16.2. The standard InChI is InChI=1S/C12H16N2O/c1-8(2)12(15)14-6-5-9-7-10(13)3-4-11(9)14/h3-4,7-8H,5-6,13H2,1-2H3. The normalized spacial score (nSPS) is 14.5. The molecular formula is C12H16N2O. The Morgan fingerprint density at radius 2 is 2.20 bits per heavy atom. The monoisotopic (exact) mass is 204 g/mol. The summed E-state index contributed by atoms with van der Waals surface area (Å²) < 4.78 is 0. The van der Waals surface area contributed by atoms with Crippen LogP contribution in [0.15, 0.2) is 18.2 Å². The summed E-state index contributed by atoms with van der Waals surface area (Å²) >= 11 is 0. The lowest BCUT2D eigenvalue weighted by Crippen LogP contribution is -2.32. The fourth-order valence-electron chi connectivity index (χ4n) is 1.96. The van der Waals surface area contributed by atoms with Crippen LogP contribution in [-0.4, -0.2) is 12.5 Å². The van der Waals surface area contributed by atoms with Gasteiger partial charge in [0.2, 0.25) is 5.91 Å². The summed E-state index contributed by atoms with van der Waals surface area (Å²) in [5.41, 5.74) is 8.69. The molecule has 0 saturated carbocycles. The molecule has 2 N–H and O–H groups in total. The molecule has 1 aromatic rings. The van der Waals surface area contributed by atoms with Gasteiger partial charge in [0.05, 0.1) is 0 Å². The van der Waals surface area contributed by atoms with E-state index in [9.17, 15) is 4.79 Å². The van der Waals surface area contributed by atoms with E-state index >= 15 is 0 Å². The predicted octanol–water partition coefficient (Wildman–Crippen LogP) is 1.81. The fraction of sp³-hybridized carbons (Fsp3) is 0.417. The fourth-order valence-corrected chi connectivity index (χ4v) is 1.96. The first-order chi connectivity index (χ1) is 7.09. The van der Waals surface area contributed by atoms with Gasteiger partial charge in [-0.1, -0.05) is 13.8 Å². The van der Waals surface area contributed by atoms with E-state index in [1.54, 1.807) is 0 Å². The third-order valence-corrected chi connectivity index (χ3v) is 2.76. The molecule has 0 aromatic heterocycles. The summed E-state index contributed by atoms with van der Waals surface area (Å²) in [7, 11) is 0. The van der Waals surface area contributed by atoms with Gasteiger partial charge in [-0.2, -0.15) is 0 Å². The van der Waals surface area contributed by atoms with Crippen molar-refractivity contribution in [3.05, 3.63) is 23.8 Å². The summed E-state index contributed by atoms with van der Waals surface area (Å²) in [5, 5.41) is 0. The number of rotatable bonds is 1. The Labute approximate surface area is 89.9 Å². The first-order valence-corrected chi connectivity index (χ1v) is 5.29. The number of fused-ring (bicyclic) bond motifs is 1. The van der Waals surface area contributed by atoms with Crippen LogP contribution < -0.4 is 10.6 Å². The molecule has 1 amide bonds. The minimum atomic E-state index is 0.0495. The number of nitrogen functional groups attached to an aromatic ring is 1. The molecular weight excluding hydrogens is 188 g/mol. The van der Waals surface area contributed by atoms with E-state index in [1.807, 2.05) is 36.9 Å². The predicted molar refractivity (Wildman–Crippen MR) is 61.7 cm³/mol. The maximum Gasteiger partial charge on any atom is 0.229 e. The molecule has 2 rings (SSSR count). The maximum atomic E-state index is 11.9. The minimum absolute atomic E-state index is 0.0495. The molecule has 3 heteroatoms. The third-order valence-electron chi connectivity index (χ3n) is 2.76. The highest BCUT2D eigenvalue weighted by molar-refractivity contribution is 5.96. The lowest BCUT2D eigenvalue weighted by atomic mass is 10.1. The molecule has 1 aliphatic rings. The van der Waals surface area contributed by atoms with Gasteiger partial charge in [0.1, 0.15) is 0 Å². The van der Waals surface area contributed by atoms with Crippen molar-refractivity contribution < 1.29 is 4.79 Å². The van der Waals surface area contributed by atoms with E-state index in [0.717, 1.165) is 24.3 Å². The number of hydrogen-bond acceptors (Lipinski definition) is 2. The first-order valence-electron chi connectivity index (χ1n) is 5.29. The van der Waals surface area contributed by atoms with Crippen LogP contribution in [-0.2, 0) is 11.2 Å². The van der Waals surface area contributed by atoms with Gasteiger partial charge in [-0.15, -0.1) is 0 Å². The molecule has 1 aromatic carbocycles. The van der Waals surface area contributed by atoms with Crippen LogP contribution in [0.1, 0.15) is 19.4 Å². The van der Waals surface area contributed by atoms with Crippen LogP contribution in [0.25, 0.3) is 0 Å². The van der Waals surface area contributed by atoms with Crippen molar-refractivity contribution in [3.63, 3.8) is 0 Å². The second kappa shape index (κ2) is 3.57. The summed E-state index contributed by atoms with van der Waals surface area (Å²) in [6.07, 6.45) is 0.916. The number of hydrogen-bond donors (Lipinski definition) is 1. The lowest BCUT2D eigenvalue weighted by Gasteiger charge is -2.19. The molecule has 3 nitrogen and oxygen atoms in total. The molecule has 80 valence electrons. The van der Waals surface area contributed by atoms with Gasteiger partial charge in [-0.3, -0.25) is 4.79 Å². The second-order valence-corrected chi connectivity index (χ2v) is 4.28. The van der Waals surface area contributed by atoms with Crippen molar-refractivity contribution in [1.29, 1.82) is 0 Å². The topological polar surface area (TPSA) is 46.3 Å². The van der Waals surface area contributed by atoms with Crippen molar-refractivity contribution in [2.24, 2.45) is 5.92 Å². The van der Waals surface area contributed by atoms with E-state index < -0.39 is 0 Å². The molecule has 0 spiro atoms. The molecule has 0 radical (unpaired) electrons. The number of carbonyl (C=O) groups is 1. The largest absolute Gasteiger partial charge is 0.399 e. The van der Waals surface area contributed by atoms with Gasteiger partial charge in [-0.25, -0.2) is 0 Å². The number of anilines is 2. The molecule has 0 aliphatic carbocycles. The number of nitrogens with zero attached hydrogens (tertiary/aromatic N) is 1. The number of nitrogens with two attached hydrogens (primary N) is 1. The van der Waals surface area contributed by atoms with Crippen LogP contribution in [0.4, 0.5) is 11.4 Å². The van der Waals surface area contributed by atoms with Crippen molar-refractivity contribution >= 4 is 17.3 Å². The smallest absolute Gasteiger partial charge is 0.229 e. The summed E-state index contributed by atoms with van der Waals surface area (Å²) in [5.74, 6) is 0.243. The van der Waals surface area contributed by atoms with E-state index in [4.69, 9.17) is 5.73 Å². The zero-order valence-corrected chi connectivity index (χ0v) is 9.16. The molecule has 0 saturated heterocycles. The van der Waals surface area contributed by atoms with Gasteiger partial charge in [0, 0.05) is 23.8 Å². The van der Waals surface area contributed by atoms with Crippen molar-refractivity contribution in [3.8, 4) is 0 Å². The number of benzene rings is 1. The van der Waals surface area contributed by atoms with Gasteiger partial charge in [0.15, 0.2) is 0 Å². The Balaban J connectivity index is 2.33. The molecule has 1 aliphatic heterocycles. The highest BCUT2D eigenvalue weighted by Crippen LogP contribution is 2.30. The molecule has 1 heterocycles. The SMILES string of the molecule is CC(C)C(=O)N1CCc2cc(N)ccc21. The average Bonchev–Trinajstić information content (AvgIpc) is 2.59. The molecule has 0 unspecified atom stereocenters. The second-order valence-electron chi connectivity index (χ2n) is 4.28. The Bertz CT molecular complexity index is 399. The van der Waals surface area contributed by atoms with Crippen molar-refractivity contribution in [2.75, 3.05) is 17.2 Å². The van der Waals surface area contributed by atoms with Gasteiger partial charge in [0.25, 0.3) is 0 Å². The van der Waals surface area contributed by atoms with Crippen molar-refractivity contribution in [2.45, 2.75) is 20.3 Å². The number of carbonyl (C=O) groups excluding carboxylic acids is 1. The van der Waals surface area contributed by atoms with Gasteiger partial charge >= 0.3 is 0 Å².